The number of carboxylic acid groups (broad SMARTS) is 2. The molecule has 0 aromatic heterocycles. The number of hydroxylamine groups is 4. The molecule has 89 heavy (non-hydrogen) atoms. The van der Waals surface area contributed by atoms with Crippen molar-refractivity contribution in [1.82, 2.24) is 15.4 Å². The van der Waals surface area contributed by atoms with Gasteiger partial charge in [-0.2, -0.15) is 5.06 Å². The van der Waals surface area contributed by atoms with Gasteiger partial charge in [-0.15, -0.1) is 5.06 Å². The van der Waals surface area contributed by atoms with E-state index in [0.29, 0.717) is 24.3 Å². The molecule has 2 saturated heterocycles. The number of carbonyl (C=O) groups excluding carboxylic acids is 8. The Morgan fingerprint density at radius 1 is 0.427 bits per heavy atom. The average molecular weight is 1280 g/mol. The summed E-state index contributed by atoms with van der Waals surface area (Å²) < 4.78 is 13.8. The first-order valence-electron chi connectivity index (χ1n) is 33.6. The first-order valence-corrected chi connectivity index (χ1v) is 33.6. The van der Waals surface area contributed by atoms with E-state index in [1.54, 1.807) is 48.6 Å². The molecule has 2 aliphatic rings. The molecule has 2 aliphatic heterocycles. The maximum Gasteiger partial charge on any atom is 0.519 e. The van der Waals surface area contributed by atoms with E-state index in [0.717, 1.165) is 77.3 Å². The Morgan fingerprint density at radius 3 is 0.933 bits per heavy atom. The number of rotatable bonds is 41. The topological polar surface area (TPSA) is 365 Å². The lowest BCUT2D eigenvalue weighted by Gasteiger charge is -2.20. The maximum atomic E-state index is 11.5. The predicted molar refractivity (Wildman–Crippen MR) is 348 cm³/mol. The summed E-state index contributed by atoms with van der Waals surface area (Å²) in [7, 11) is 3.19. The number of nitrogens with two attached hydrogens (primary N) is 3. The van der Waals surface area contributed by atoms with E-state index >= 15 is 0 Å². The fourth-order valence-electron chi connectivity index (χ4n) is 8.24. The van der Waals surface area contributed by atoms with E-state index in [4.69, 9.17) is 41.2 Å². The van der Waals surface area contributed by atoms with Crippen LogP contribution in [-0.4, -0.2) is 124 Å². The van der Waals surface area contributed by atoms with Crippen molar-refractivity contribution in [2.45, 2.75) is 336 Å². The van der Waals surface area contributed by atoms with Crippen LogP contribution in [0, 0.1) is 0 Å². The van der Waals surface area contributed by atoms with Gasteiger partial charge < -0.3 is 51.8 Å². The highest BCUT2D eigenvalue weighted by molar-refractivity contribution is 6.01. The quantitative estimate of drug-likeness (QED) is 0.00983. The smallest absolute Gasteiger partial charge is 0.481 e. The van der Waals surface area contributed by atoms with Crippen molar-refractivity contribution >= 4 is 59.8 Å². The van der Waals surface area contributed by atoms with Crippen LogP contribution in [0.4, 0.5) is 9.59 Å². The number of nitrogens with zero attached hydrogens (tertiary/aromatic N) is 2. The summed E-state index contributed by atoms with van der Waals surface area (Å²) in [6.07, 6.45) is 40.9. The van der Waals surface area contributed by atoms with Crippen LogP contribution >= 0.6 is 0 Å². The van der Waals surface area contributed by atoms with E-state index in [1.807, 2.05) is 0 Å². The first-order chi connectivity index (χ1) is 42.2. The number of aliphatic carboxylic acids is 2. The molecule has 0 aliphatic carbocycles. The second kappa shape index (κ2) is 65.7. The number of hydrogen-bond acceptors (Lipinski definition) is 18. The number of ether oxygens (including phenoxy) is 3. The molecule has 0 aromatic carbocycles. The van der Waals surface area contributed by atoms with Crippen molar-refractivity contribution in [3.63, 3.8) is 0 Å². The van der Waals surface area contributed by atoms with Crippen LogP contribution in [0.15, 0.2) is 0 Å². The maximum absolute atomic E-state index is 11.5. The minimum absolute atomic E-state index is 0.143. The summed E-state index contributed by atoms with van der Waals surface area (Å²) in [4.78, 5) is 113. The number of amides is 5. The molecule has 23 heteroatoms. The van der Waals surface area contributed by atoms with Crippen LogP contribution in [0.2, 0.25) is 0 Å². The van der Waals surface area contributed by atoms with Crippen LogP contribution in [0.25, 0.3) is 0 Å². The van der Waals surface area contributed by atoms with Gasteiger partial charge in [0.2, 0.25) is 5.91 Å². The highest BCUT2D eigenvalue weighted by Crippen LogP contribution is 2.17. The van der Waals surface area contributed by atoms with E-state index in [2.05, 4.69) is 29.6 Å². The third-order valence-corrected chi connectivity index (χ3v) is 13.1. The molecule has 524 valence electrons. The number of carboxylic acids is 2. The van der Waals surface area contributed by atoms with Gasteiger partial charge in [-0.3, -0.25) is 38.8 Å². The van der Waals surface area contributed by atoms with Crippen molar-refractivity contribution < 1.29 is 82.4 Å². The monoisotopic (exact) mass is 1280 g/mol. The molecule has 0 aromatic rings. The molecular formula is C66H128N6O17. The van der Waals surface area contributed by atoms with Crippen LogP contribution in [-0.2, 0) is 57.4 Å². The van der Waals surface area contributed by atoms with E-state index in [-0.39, 0.29) is 43.1 Å². The molecule has 2 fully saturated rings. The zero-order valence-electron chi connectivity index (χ0n) is 57.3. The molecule has 0 unspecified atom stereocenters. The zero-order valence-corrected chi connectivity index (χ0v) is 57.3. The Hall–Kier alpha value is -5.26. The van der Waals surface area contributed by atoms with Gasteiger partial charge in [-0.05, 0) is 100 Å². The standard InChI is InChI=1S/C16H27NO4.C12H26N2O.C12H24O2.C11H23NO2.C10H18O5.C4H5NO3.CH5N/c1-2-3-4-5-6-7-8-9-10-11-16(20)21-17-14(18)12-13-15(17)19;1-14-12(15)10-8-6-4-2-3-5-7-9-11-13;1-2-3-4-5-6-7-8-9-10-11-12(13)14;12-10-8-6-4-2-1-3-5-7-9-11(13)14;1-9(2,3)14-7(11)13-8(12)15-10(4,5)6;6-3-1-2-4(7)5(3)8;1-2/h2-13H2,1H3;2-11,13H2,1H3,(H,14,15);2-11H2,1H3,(H,13,14);1-10,12H2,(H,13,14);1-6H3;8H,1-2H2;2H2,1H3. The average Bonchev–Trinajstić information content (AvgIpc) is 3.97. The van der Waals surface area contributed by atoms with Crippen LogP contribution in [0.5, 0.6) is 0 Å². The Bertz CT molecular complexity index is 1720. The summed E-state index contributed by atoms with van der Waals surface area (Å²) in [6.45, 7) is 16.1. The van der Waals surface area contributed by atoms with Crippen molar-refractivity contribution in [2.24, 2.45) is 17.2 Å². The minimum atomic E-state index is -1.06. The van der Waals surface area contributed by atoms with E-state index in [9.17, 15) is 47.9 Å². The number of imide groups is 2. The summed E-state index contributed by atoms with van der Waals surface area (Å²) in [5, 5.41) is 28.6. The van der Waals surface area contributed by atoms with E-state index < -0.39 is 65.0 Å². The SMILES string of the molecule is CC(C)(C)OC(=O)OC(=O)OC(C)(C)C.CCCCCCCCCCCC(=O)O.CCCCCCCCCCCC(=O)ON1C(=O)CCC1=O.CN.CNC(=O)CCCCCCCCCCN.NCCCCCCCCCCC(=O)O.O=C1CCC(=O)N1O. The number of hydrogen-bond donors (Lipinski definition) is 7. The van der Waals surface area contributed by atoms with Gasteiger partial charge in [-0.25, -0.2) is 14.4 Å². The lowest BCUT2D eigenvalue weighted by atomic mass is 10.1. The Labute approximate surface area is 536 Å². The van der Waals surface area contributed by atoms with Crippen molar-refractivity contribution in [3.8, 4) is 0 Å². The van der Waals surface area contributed by atoms with Crippen molar-refractivity contribution in [3.05, 3.63) is 0 Å². The van der Waals surface area contributed by atoms with Crippen LogP contribution < -0.4 is 22.5 Å². The first kappa shape index (κ1) is 92.5. The van der Waals surface area contributed by atoms with Crippen LogP contribution in [0.3, 0.4) is 0 Å². The van der Waals surface area contributed by atoms with Gasteiger partial charge in [-0.1, -0.05) is 194 Å². The second-order valence-corrected chi connectivity index (χ2v) is 24.0. The number of nitrogens with one attached hydrogen (secondary N) is 1. The molecule has 0 bridgehead atoms. The number of carbonyl (C=O) groups is 10. The molecule has 23 nitrogen and oxygen atoms in total. The molecule has 0 saturated carbocycles. The zero-order chi connectivity index (χ0) is 68.6. The van der Waals surface area contributed by atoms with Gasteiger partial charge >= 0.3 is 30.2 Å². The lowest BCUT2D eigenvalue weighted by molar-refractivity contribution is -0.197. The third kappa shape index (κ3) is 75.1. The Kier molecular flexibility index (Phi) is 68.2. The highest BCUT2D eigenvalue weighted by Gasteiger charge is 2.33. The van der Waals surface area contributed by atoms with Gasteiger partial charge in [0, 0.05) is 58.4 Å². The second-order valence-electron chi connectivity index (χ2n) is 24.0. The Morgan fingerprint density at radius 2 is 0.685 bits per heavy atom. The van der Waals surface area contributed by atoms with Crippen molar-refractivity contribution in [1.29, 1.82) is 0 Å². The molecule has 0 spiro atoms. The number of unbranched alkanes of at least 4 members (excludes halogenated alkanes) is 30. The fraction of sp³-hybridized carbons (Fsp3) is 0.848. The molecule has 0 atom stereocenters. The predicted octanol–water partition coefficient (Wildman–Crippen LogP) is 14.2. The molecule has 2 heterocycles. The Balaban J connectivity index is -0.000000320. The molecule has 0 radical (unpaired) electrons. The largest absolute Gasteiger partial charge is 0.519 e. The highest BCUT2D eigenvalue weighted by atomic mass is 16.8. The normalized spacial score (nSPS) is 12.4. The lowest BCUT2D eigenvalue weighted by Crippen LogP contribution is -2.31. The molecule has 5 amide bonds. The van der Waals surface area contributed by atoms with Gasteiger partial charge in [0.05, 0.1) is 0 Å². The summed E-state index contributed by atoms with van der Waals surface area (Å²) in [5.41, 5.74) is 13.9. The molecular weight excluding hydrogens is 1150 g/mol. The molecule has 10 N–H and O–H groups in total. The van der Waals surface area contributed by atoms with Gasteiger partial charge in [0.1, 0.15) is 11.2 Å². The summed E-state index contributed by atoms with van der Waals surface area (Å²) >= 11 is 0. The van der Waals surface area contributed by atoms with Crippen LogP contribution in [0.1, 0.15) is 325 Å². The summed E-state index contributed by atoms with van der Waals surface area (Å²) in [6, 6.07) is 0. The van der Waals surface area contributed by atoms with Crippen molar-refractivity contribution in [2.75, 3.05) is 27.2 Å². The fourth-order valence-corrected chi connectivity index (χ4v) is 8.24. The van der Waals surface area contributed by atoms with E-state index in [1.165, 1.54) is 161 Å². The molecule has 2 rings (SSSR count). The third-order valence-electron chi connectivity index (χ3n) is 13.1. The minimum Gasteiger partial charge on any atom is -0.481 e. The summed E-state index contributed by atoms with van der Waals surface area (Å²) in [5.74, 6) is -3.49. The van der Waals surface area contributed by atoms with Gasteiger partial charge in [0.25, 0.3) is 23.6 Å². The van der Waals surface area contributed by atoms with Gasteiger partial charge in [0.15, 0.2) is 0 Å².